The van der Waals surface area contributed by atoms with Crippen molar-refractivity contribution < 1.29 is 4.42 Å². The molecule has 2 heterocycles. The van der Waals surface area contributed by atoms with Crippen molar-refractivity contribution in [2.75, 3.05) is 4.90 Å². The topological polar surface area (TPSA) is 21.3 Å². The largest absolute Gasteiger partial charge is 0.456 e. The zero-order chi connectivity index (χ0) is 50.2. The Hall–Kier alpha value is -9.18. The molecule has 0 atom stereocenters. The molecule has 0 fully saturated rings. The van der Waals surface area contributed by atoms with E-state index >= 15 is 0 Å². The fourth-order valence-electron chi connectivity index (χ4n) is 13.0. The number of furan rings is 1. The number of benzene rings is 11. The smallest absolute Gasteiger partial charge is 0.137 e. The van der Waals surface area contributed by atoms with E-state index in [1.165, 1.54) is 88.6 Å². The van der Waals surface area contributed by atoms with Crippen LogP contribution in [0.1, 0.15) is 49.9 Å². The van der Waals surface area contributed by atoms with E-state index < -0.39 is 0 Å². The van der Waals surface area contributed by atoms with Crippen molar-refractivity contribution in [3.63, 3.8) is 0 Å². The Kier molecular flexibility index (Phi) is 9.35. The summed E-state index contributed by atoms with van der Waals surface area (Å²) in [5, 5.41) is 4.61. The van der Waals surface area contributed by atoms with Gasteiger partial charge in [-0.3, -0.25) is 0 Å². The second kappa shape index (κ2) is 16.2. The number of aromatic nitrogens is 1. The summed E-state index contributed by atoms with van der Waals surface area (Å²) in [6.45, 7) is 9.43. The maximum absolute atomic E-state index is 6.80. The fraction of sp³-hybridized carbons (Fsp3) is 0.0833. The molecule has 3 nitrogen and oxygen atoms in total. The lowest BCUT2D eigenvalue weighted by Gasteiger charge is -2.29. The van der Waals surface area contributed by atoms with Crippen molar-refractivity contribution in [2.45, 2.75) is 38.5 Å². The monoisotopic (exact) mass is 960 g/mol. The van der Waals surface area contributed by atoms with Crippen LogP contribution in [0.15, 0.2) is 247 Å². The second-order valence-corrected chi connectivity index (χ2v) is 21.7. The number of hydrogen-bond donors (Lipinski definition) is 0. The molecule has 11 aromatic carbocycles. The molecule has 2 aromatic heterocycles. The first-order valence-corrected chi connectivity index (χ1v) is 26.2. The predicted molar refractivity (Wildman–Crippen MR) is 314 cm³/mol. The van der Waals surface area contributed by atoms with Gasteiger partial charge in [-0.15, -0.1) is 0 Å². The Morgan fingerprint density at radius 2 is 0.853 bits per heavy atom. The van der Waals surface area contributed by atoms with Gasteiger partial charge in [0.2, 0.25) is 0 Å². The summed E-state index contributed by atoms with van der Waals surface area (Å²) in [4.78, 5) is 2.45. The third-order valence-electron chi connectivity index (χ3n) is 16.8. The van der Waals surface area contributed by atoms with Gasteiger partial charge in [-0.2, -0.15) is 0 Å². The summed E-state index contributed by atoms with van der Waals surface area (Å²) in [5.41, 5.74) is 26.1. The lowest BCUT2D eigenvalue weighted by molar-refractivity contribution is 0.660. The standard InChI is InChI=1S/C72H52N2O/c1-71(2)61-20-11-8-17-54(61)56-37-29-50(43-63(56)71)47-27-32-51(33-28-47)73(53-36-38-57-55-18-9-12-21-62(55)72(3,4)64(57)44-53)67-23-14-24-69-70(67)60-42-49(31-40-68(60)75-69)48-30-39-66-59(41-48)58-19-10-13-22-65(58)74(66)52-34-25-46(26-35-52)45-15-6-5-7-16-45/h5-44H,1-4H3. The van der Waals surface area contributed by atoms with E-state index in [-0.39, 0.29) is 10.8 Å². The summed E-state index contributed by atoms with van der Waals surface area (Å²) >= 11 is 0. The molecule has 13 aromatic rings. The Labute approximate surface area is 437 Å². The molecule has 0 unspecified atom stereocenters. The molecule has 0 saturated heterocycles. The highest BCUT2D eigenvalue weighted by atomic mass is 16.3. The van der Waals surface area contributed by atoms with Crippen LogP contribution in [0.5, 0.6) is 0 Å². The normalized spacial score (nSPS) is 13.8. The Morgan fingerprint density at radius 3 is 1.60 bits per heavy atom. The van der Waals surface area contributed by atoms with E-state index in [2.05, 4.69) is 280 Å². The number of anilines is 3. The molecular formula is C72H52N2O. The molecule has 356 valence electrons. The Balaban J connectivity index is 0.862. The van der Waals surface area contributed by atoms with Crippen LogP contribution in [0.3, 0.4) is 0 Å². The molecule has 0 saturated carbocycles. The average Bonchev–Trinajstić information content (AvgIpc) is 4.17. The highest BCUT2D eigenvalue weighted by molar-refractivity contribution is 6.15. The third kappa shape index (κ3) is 6.54. The molecule has 0 N–H and O–H groups in total. The first-order valence-electron chi connectivity index (χ1n) is 26.2. The summed E-state index contributed by atoms with van der Waals surface area (Å²) < 4.78 is 9.19. The summed E-state index contributed by atoms with van der Waals surface area (Å²) in [6.07, 6.45) is 0. The Morgan fingerprint density at radius 1 is 0.333 bits per heavy atom. The first kappa shape index (κ1) is 43.4. The van der Waals surface area contributed by atoms with E-state index in [0.29, 0.717) is 0 Å². The SMILES string of the molecule is CC1(C)c2ccccc2-c2ccc(-c3ccc(N(c4ccc5c(c4)C(C)(C)c4ccccc4-5)c4cccc5oc6ccc(-c7ccc8c(c7)c7ccccc7n8-c7ccc(-c8ccccc8)cc7)cc6c45)cc3)cc21. The maximum Gasteiger partial charge on any atom is 0.137 e. The van der Waals surface area contributed by atoms with Gasteiger partial charge < -0.3 is 13.9 Å². The van der Waals surface area contributed by atoms with Gasteiger partial charge in [0.15, 0.2) is 0 Å². The van der Waals surface area contributed by atoms with Gasteiger partial charge in [-0.1, -0.05) is 185 Å². The molecule has 0 radical (unpaired) electrons. The fourth-order valence-corrected chi connectivity index (χ4v) is 13.0. The van der Waals surface area contributed by atoms with Crippen LogP contribution < -0.4 is 4.90 Å². The van der Waals surface area contributed by atoms with Crippen molar-refractivity contribution in [3.8, 4) is 61.3 Å². The molecule has 0 bridgehead atoms. The number of para-hydroxylation sites is 1. The highest BCUT2D eigenvalue weighted by Crippen LogP contribution is 2.53. The first-order chi connectivity index (χ1) is 36.7. The summed E-state index contributed by atoms with van der Waals surface area (Å²) in [7, 11) is 0. The maximum atomic E-state index is 6.80. The molecule has 3 heteroatoms. The van der Waals surface area contributed by atoms with Crippen molar-refractivity contribution in [3.05, 3.63) is 265 Å². The minimum absolute atomic E-state index is 0.0741. The predicted octanol–water partition coefficient (Wildman–Crippen LogP) is 19.8. The van der Waals surface area contributed by atoms with Crippen molar-refractivity contribution in [1.29, 1.82) is 0 Å². The minimum atomic E-state index is -0.165. The molecule has 0 aliphatic heterocycles. The molecule has 0 spiro atoms. The lowest BCUT2D eigenvalue weighted by Crippen LogP contribution is -2.16. The van der Waals surface area contributed by atoms with Crippen molar-refractivity contribution in [1.82, 2.24) is 4.57 Å². The average molecular weight is 961 g/mol. The van der Waals surface area contributed by atoms with Gasteiger partial charge in [0.1, 0.15) is 11.2 Å². The van der Waals surface area contributed by atoms with Crippen LogP contribution >= 0.6 is 0 Å². The second-order valence-electron chi connectivity index (χ2n) is 21.7. The molecule has 2 aliphatic rings. The number of hydrogen-bond acceptors (Lipinski definition) is 2. The van der Waals surface area contributed by atoms with Crippen molar-refractivity contribution >= 4 is 60.8 Å². The van der Waals surface area contributed by atoms with E-state index in [0.717, 1.165) is 55.8 Å². The van der Waals surface area contributed by atoms with Gasteiger partial charge in [-0.05, 0) is 163 Å². The van der Waals surface area contributed by atoms with E-state index in [1.54, 1.807) is 0 Å². The third-order valence-corrected chi connectivity index (χ3v) is 16.8. The summed E-state index contributed by atoms with van der Waals surface area (Å²) in [6, 6.07) is 89.5. The van der Waals surface area contributed by atoms with Gasteiger partial charge in [0, 0.05) is 44.1 Å². The molecule has 0 amide bonds. The zero-order valence-corrected chi connectivity index (χ0v) is 42.4. The van der Waals surface area contributed by atoms with E-state index in [1.807, 2.05) is 0 Å². The van der Waals surface area contributed by atoms with Crippen LogP contribution in [0, 0.1) is 0 Å². The van der Waals surface area contributed by atoms with Crippen LogP contribution in [-0.2, 0) is 10.8 Å². The van der Waals surface area contributed by atoms with Gasteiger partial charge in [-0.25, -0.2) is 0 Å². The molecule has 2 aliphatic carbocycles. The zero-order valence-electron chi connectivity index (χ0n) is 42.4. The molecule has 75 heavy (non-hydrogen) atoms. The molecule has 15 rings (SSSR count). The number of fused-ring (bicyclic) bond motifs is 12. The number of rotatable bonds is 7. The van der Waals surface area contributed by atoms with E-state index in [9.17, 15) is 0 Å². The van der Waals surface area contributed by atoms with Gasteiger partial charge in [0.25, 0.3) is 0 Å². The van der Waals surface area contributed by atoms with Gasteiger partial charge in [0.05, 0.1) is 22.1 Å². The quantitative estimate of drug-likeness (QED) is 0.159. The van der Waals surface area contributed by atoms with E-state index in [4.69, 9.17) is 4.42 Å². The highest BCUT2D eigenvalue weighted by Gasteiger charge is 2.37. The van der Waals surface area contributed by atoms with Crippen LogP contribution in [0.25, 0.3) is 105 Å². The lowest BCUT2D eigenvalue weighted by atomic mass is 9.81. The van der Waals surface area contributed by atoms with Crippen LogP contribution in [0.2, 0.25) is 0 Å². The number of nitrogens with zero attached hydrogens (tertiary/aromatic N) is 2. The Bertz CT molecular complexity index is 4450. The molecular weight excluding hydrogens is 909 g/mol. The van der Waals surface area contributed by atoms with Crippen LogP contribution in [-0.4, -0.2) is 4.57 Å². The minimum Gasteiger partial charge on any atom is -0.456 e. The van der Waals surface area contributed by atoms with Crippen molar-refractivity contribution in [2.24, 2.45) is 0 Å². The summed E-state index contributed by atoms with van der Waals surface area (Å²) in [5.74, 6) is 0. The van der Waals surface area contributed by atoms with Gasteiger partial charge >= 0.3 is 0 Å². The van der Waals surface area contributed by atoms with Crippen LogP contribution in [0.4, 0.5) is 17.1 Å².